The molecular weight excluding hydrogens is 362 g/mol. The first kappa shape index (κ1) is 21.1. The summed E-state index contributed by atoms with van der Waals surface area (Å²) < 4.78 is 52.5. The van der Waals surface area contributed by atoms with Crippen molar-refractivity contribution in [1.29, 1.82) is 0 Å². The molecule has 0 aliphatic carbocycles. The fourth-order valence-corrected chi connectivity index (χ4v) is 2.92. The van der Waals surface area contributed by atoms with E-state index in [1.54, 1.807) is 6.92 Å². The summed E-state index contributed by atoms with van der Waals surface area (Å²) >= 11 is 0. The maximum absolute atomic E-state index is 13.5. The monoisotopic (exact) mass is 385 g/mol. The van der Waals surface area contributed by atoms with E-state index in [1.807, 2.05) is 13.8 Å². The topological polar surface area (TPSA) is 58.0 Å². The molecule has 0 fully saturated rings. The molecule has 148 valence electrons. The summed E-state index contributed by atoms with van der Waals surface area (Å²) in [7, 11) is 0. The maximum atomic E-state index is 13.5. The van der Waals surface area contributed by atoms with Crippen molar-refractivity contribution in [3.05, 3.63) is 41.9 Å². The van der Waals surface area contributed by atoms with Crippen LogP contribution in [0.2, 0.25) is 0 Å². The van der Waals surface area contributed by atoms with Crippen LogP contribution >= 0.6 is 0 Å². The Morgan fingerprint density at radius 1 is 1.11 bits per heavy atom. The Bertz CT molecular complexity index is 766. The summed E-state index contributed by atoms with van der Waals surface area (Å²) in [5.74, 6) is 0.243. The van der Waals surface area contributed by atoms with E-state index < -0.39 is 29.8 Å². The van der Waals surface area contributed by atoms with Gasteiger partial charge in [-0.3, -0.25) is 4.98 Å². The predicted molar refractivity (Wildman–Crippen MR) is 96.0 cm³/mol. The number of aliphatic hydroxyl groups is 1. The van der Waals surface area contributed by atoms with Crippen molar-refractivity contribution in [2.45, 2.75) is 45.6 Å². The molecule has 0 aliphatic heterocycles. The van der Waals surface area contributed by atoms with Crippen LogP contribution in [0.25, 0.3) is 11.3 Å². The number of anilines is 1. The van der Waals surface area contributed by atoms with Crippen molar-refractivity contribution in [3.63, 3.8) is 0 Å². The van der Waals surface area contributed by atoms with Crippen LogP contribution in [0.1, 0.15) is 51.4 Å². The molecule has 0 aromatic carbocycles. The zero-order chi connectivity index (χ0) is 20.2. The van der Waals surface area contributed by atoms with Crippen LogP contribution in [0.3, 0.4) is 0 Å². The molecule has 2 heterocycles. The number of rotatable bonds is 8. The summed E-state index contributed by atoms with van der Waals surface area (Å²) in [6.45, 7) is 5.62. The third-order valence-corrected chi connectivity index (χ3v) is 3.94. The van der Waals surface area contributed by atoms with Crippen molar-refractivity contribution in [3.8, 4) is 11.3 Å². The highest BCUT2D eigenvalue weighted by Gasteiger charge is 2.24. The SMILES string of the molecule is CC(C)CC(C)(O)CNc1ccc(-c2ccnc(C(F)F)c2)nc1C(F)F. The van der Waals surface area contributed by atoms with Crippen LogP contribution in [0, 0.1) is 5.92 Å². The quantitative estimate of drug-likeness (QED) is 0.611. The number of halogens is 4. The van der Waals surface area contributed by atoms with Crippen molar-refractivity contribution in [2.75, 3.05) is 11.9 Å². The molecule has 0 aliphatic rings. The molecule has 2 rings (SSSR count). The Balaban J connectivity index is 2.28. The van der Waals surface area contributed by atoms with Crippen molar-refractivity contribution < 1.29 is 22.7 Å². The van der Waals surface area contributed by atoms with Gasteiger partial charge in [-0.15, -0.1) is 0 Å². The Morgan fingerprint density at radius 3 is 2.41 bits per heavy atom. The molecule has 0 spiro atoms. The van der Waals surface area contributed by atoms with Gasteiger partial charge in [0.25, 0.3) is 12.9 Å². The number of pyridine rings is 2. The molecule has 27 heavy (non-hydrogen) atoms. The molecule has 0 bridgehead atoms. The molecule has 8 heteroatoms. The highest BCUT2D eigenvalue weighted by atomic mass is 19.3. The first-order valence-corrected chi connectivity index (χ1v) is 8.59. The number of aromatic nitrogens is 2. The van der Waals surface area contributed by atoms with Gasteiger partial charge in [0.05, 0.1) is 17.0 Å². The van der Waals surface area contributed by atoms with Gasteiger partial charge in [0, 0.05) is 18.3 Å². The van der Waals surface area contributed by atoms with Gasteiger partial charge in [-0.1, -0.05) is 13.8 Å². The van der Waals surface area contributed by atoms with Gasteiger partial charge in [-0.25, -0.2) is 22.5 Å². The molecule has 0 radical (unpaired) electrons. The van der Waals surface area contributed by atoms with Crippen LogP contribution < -0.4 is 5.32 Å². The van der Waals surface area contributed by atoms with E-state index >= 15 is 0 Å². The van der Waals surface area contributed by atoms with Crippen LogP contribution in [-0.4, -0.2) is 27.2 Å². The summed E-state index contributed by atoms with van der Waals surface area (Å²) in [5.41, 5.74) is -1.48. The molecule has 0 saturated heterocycles. The summed E-state index contributed by atoms with van der Waals surface area (Å²) in [6, 6.07) is 5.44. The third-order valence-electron chi connectivity index (χ3n) is 3.94. The van der Waals surface area contributed by atoms with Gasteiger partial charge >= 0.3 is 0 Å². The first-order chi connectivity index (χ1) is 12.6. The lowest BCUT2D eigenvalue weighted by atomic mass is 9.94. The highest BCUT2D eigenvalue weighted by Crippen LogP contribution is 2.30. The molecule has 4 nitrogen and oxygen atoms in total. The number of alkyl halides is 4. The van der Waals surface area contributed by atoms with Gasteiger partial charge in [0.15, 0.2) is 0 Å². The second kappa shape index (κ2) is 8.65. The molecule has 2 N–H and O–H groups in total. The number of nitrogens with one attached hydrogen (secondary N) is 1. The second-order valence-corrected chi connectivity index (χ2v) is 7.15. The minimum Gasteiger partial charge on any atom is -0.388 e. The van der Waals surface area contributed by atoms with Crippen LogP contribution in [0.4, 0.5) is 23.2 Å². The van der Waals surface area contributed by atoms with E-state index in [2.05, 4.69) is 15.3 Å². The highest BCUT2D eigenvalue weighted by molar-refractivity contribution is 5.63. The Kier molecular flexibility index (Phi) is 6.75. The van der Waals surface area contributed by atoms with E-state index in [1.165, 1.54) is 24.4 Å². The minimum atomic E-state index is -2.86. The average molecular weight is 385 g/mol. The van der Waals surface area contributed by atoms with Gasteiger partial charge < -0.3 is 10.4 Å². The maximum Gasteiger partial charge on any atom is 0.282 e. The number of hydrogen-bond acceptors (Lipinski definition) is 4. The van der Waals surface area contributed by atoms with Gasteiger partial charge in [-0.05, 0) is 43.5 Å². The lowest BCUT2D eigenvalue weighted by molar-refractivity contribution is 0.0514. The predicted octanol–water partition coefficient (Wildman–Crippen LogP) is 5.23. The van der Waals surface area contributed by atoms with E-state index in [9.17, 15) is 22.7 Å². The van der Waals surface area contributed by atoms with Crippen LogP contribution in [-0.2, 0) is 0 Å². The number of nitrogens with zero attached hydrogens (tertiary/aromatic N) is 2. The number of hydrogen-bond donors (Lipinski definition) is 2. The van der Waals surface area contributed by atoms with E-state index in [0.717, 1.165) is 6.07 Å². The Morgan fingerprint density at radius 2 is 1.81 bits per heavy atom. The first-order valence-electron chi connectivity index (χ1n) is 8.59. The fourth-order valence-electron chi connectivity index (χ4n) is 2.92. The average Bonchev–Trinajstić information content (AvgIpc) is 2.58. The van der Waals surface area contributed by atoms with Crippen molar-refractivity contribution in [1.82, 2.24) is 9.97 Å². The third kappa shape index (κ3) is 5.89. The van der Waals surface area contributed by atoms with Crippen molar-refractivity contribution >= 4 is 5.69 Å². The molecule has 1 atom stereocenters. The largest absolute Gasteiger partial charge is 0.388 e. The van der Waals surface area contributed by atoms with E-state index in [4.69, 9.17) is 0 Å². The van der Waals surface area contributed by atoms with Gasteiger partial charge in [0.1, 0.15) is 11.4 Å². The molecule has 0 saturated carbocycles. The smallest absolute Gasteiger partial charge is 0.282 e. The molecule has 2 aromatic heterocycles. The fraction of sp³-hybridized carbons (Fsp3) is 0.474. The summed E-state index contributed by atoms with van der Waals surface area (Å²) in [4.78, 5) is 7.49. The normalized spacial score (nSPS) is 14.0. The molecule has 0 amide bonds. The van der Waals surface area contributed by atoms with Gasteiger partial charge in [-0.2, -0.15) is 0 Å². The standard InChI is InChI=1S/C19H23F4N3O/c1-11(2)9-19(3,27)10-25-14-5-4-13(26-16(14)18(22)23)12-6-7-24-15(8-12)17(20)21/h4-8,11,17-18,25,27H,9-10H2,1-3H3. The van der Waals surface area contributed by atoms with Crippen LogP contribution in [0.15, 0.2) is 30.5 Å². The minimum absolute atomic E-state index is 0.0801. The van der Waals surface area contributed by atoms with Crippen molar-refractivity contribution in [2.24, 2.45) is 5.92 Å². The van der Waals surface area contributed by atoms with Gasteiger partial charge in [0.2, 0.25) is 0 Å². The Hall–Kier alpha value is -2.22. The summed E-state index contributed by atoms with van der Waals surface area (Å²) in [6.07, 6.45) is -3.93. The lowest BCUT2D eigenvalue weighted by Gasteiger charge is -2.26. The summed E-state index contributed by atoms with van der Waals surface area (Å²) in [5, 5.41) is 13.2. The molecular formula is C19H23F4N3O. The Labute approximate surface area is 155 Å². The van der Waals surface area contributed by atoms with E-state index in [-0.39, 0.29) is 29.4 Å². The molecule has 2 aromatic rings. The van der Waals surface area contributed by atoms with Crippen LogP contribution in [0.5, 0.6) is 0 Å². The second-order valence-electron chi connectivity index (χ2n) is 7.15. The molecule has 1 unspecified atom stereocenters. The van der Waals surface area contributed by atoms with E-state index in [0.29, 0.717) is 6.42 Å². The zero-order valence-corrected chi connectivity index (χ0v) is 15.4. The zero-order valence-electron chi connectivity index (χ0n) is 15.4. The lowest BCUT2D eigenvalue weighted by Crippen LogP contribution is -2.35.